The number of rotatable bonds is 3. The van der Waals surface area contributed by atoms with E-state index in [4.69, 9.17) is 9.57 Å². The molecule has 0 aromatic heterocycles. The van der Waals surface area contributed by atoms with E-state index < -0.39 is 27.1 Å². The van der Waals surface area contributed by atoms with Crippen molar-refractivity contribution in [1.29, 1.82) is 0 Å². The number of hydroxylamine groups is 1. The molecule has 1 fully saturated rings. The molecular weight excluding hydrogens is 274 g/mol. The van der Waals surface area contributed by atoms with Gasteiger partial charge in [-0.15, -0.1) is 0 Å². The second-order valence-electron chi connectivity index (χ2n) is 5.77. The minimum absolute atomic E-state index is 0.0701. The van der Waals surface area contributed by atoms with E-state index in [0.717, 1.165) is 0 Å². The second kappa shape index (κ2) is 5.64. The van der Waals surface area contributed by atoms with Gasteiger partial charge in [0, 0.05) is 0 Å². The fraction of sp³-hybridized carbons (Fsp3) is 0.909. The number of aliphatic hydroxyl groups is 1. The van der Waals surface area contributed by atoms with Gasteiger partial charge >= 0.3 is 6.09 Å². The monoisotopic (exact) mass is 295 g/mol. The first-order valence-electron chi connectivity index (χ1n) is 6.05. The first-order valence-corrected chi connectivity index (χ1v) is 7.87. The Morgan fingerprint density at radius 2 is 1.84 bits per heavy atom. The van der Waals surface area contributed by atoms with Gasteiger partial charge in [0.05, 0.1) is 17.1 Å². The average Bonchev–Trinajstić information content (AvgIpc) is 2.21. The number of hydrogen-bond acceptors (Lipinski definition) is 6. The van der Waals surface area contributed by atoms with Crippen LogP contribution in [0.15, 0.2) is 0 Å². The Hall–Kier alpha value is -0.860. The highest BCUT2D eigenvalue weighted by Crippen LogP contribution is 2.23. The van der Waals surface area contributed by atoms with Crippen LogP contribution in [0.1, 0.15) is 33.6 Å². The fourth-order valence-corrected chi connectivity index (χ4v) is 3.18. The molecule has 2 N–H and O–H groups in total. The van der Waals surface area contributed by atoms with Crippen LogP contribution in [0.25, 0.3) is 0 Å². The van der Waals surface area contributed by atoms with Crippen LogP contribution in [0.3, 0.4) is 0 Å². The number of hydrogen-bond donors (Lipinski definition) is 2. The van der Waals surface area contributed by atoms with E-state index in [1.807, 2.05) is 0 Å². The minimum atomic E-state index is -3.05. The highest BCUT2D eigenvalue weighted by atomic mass is 32.2. The lowest BCUT2D eigenvalue weighted by molar-refractivity contribution is -0.0859. The number of carbonyl (C=O) groups is 1. The summed E-state index contributed by atoms with van der Waals surface area (Å²) in [5.74, 6) is -0.140. The van der Waals surface area contributed by atoms with Crippen LogP contribution < -0.4 is 5.48 Å². The molecule has 0 radical (unpaired) electrons. The zero-order valence-electron chi connectivity index (χ0n) is 11.4. The molecular formula is C11H21NO6S. The summed E-state index contributed by atoms with van der Waals surface area (Å²) in [5, 5.41) is 10.1. The molecule has 1 aliphatic rings. The maximum atomic E-state index is 11.3. The van der Waals surface area contributed by atoms with Gasteiger partial charge < -0.3 is 9.84 Å². The maximum Gasteiger partial charge on any atom is 0.431 e. The van der Waals surface area contributed by atoms with Crippen molar-refractivity contribution >= 4 is 15.9 Å². The molecule has 19 heavy (non-hydrogen) atoms. The van der Waals surface area contributed by atoms with E-state index in [1.165, 1.54) is 0 Å². The molecule has 112 valence electrons. The smallest absolute Gasteiger partial charge is 0.431 e. The van der Waals surface area contributed by atoms with E-state index >= 15 is 0 Å². The summed E-state index contributed by atoms with van der Waals surface area (Å²) in [5.41, 5.74) is 0.204. The zero-order valence-corrected chi connectivity index (χ0v) is 12.2. The standard InChI is InChI=1S/C11H21NO6S/c1-10(2,3)18-9(13)12-17-8-11(14)4-6-19(15,16)7-5-11/h14H,4-8H2,1-3H3,(H,12,13). The van der Waals surface area contributed by atoms with E-state index in [1.54, 1.807) is 20.8 Å². The molecule has 0 spiro atoms. The highest BCUT2D eigenvalue weighted by molar-refractivity contribution is 7.91. The number of carbonyl (C=O) groups excluding carboxylic acids is 1. The van der Waals surface area contributed by atoms with Crippen LogP contribution >= 0.6 is 0 Å². The quantitative estimate of drug-likeness (QED) is 0.730. The minimum Gasteiger partial charge on any atom is -0.442 e. The summed E-state index contributed by atoms with van der Waals surface area (Å²) < 4.78 is 27.4. The second-order valence-corrected chi connectivity index (χ2v) is 8.07. The Labute approximate surface area is 113 Å². The van der Waals surface area contributed by atoms with Crippen molar-refractivity contribution in [3.05, 3.63) is 0 Å². The number of sulfone groups is 1. The summed E-state index contributed by atoms with van der Waals surface area (Å²) in [6.07, 6.45) is -0.545. The molecule has 0 aromatic carbocycles. The molecule has 0 unspecified atom stereocenters. The summed E-state index contributed by atoms with van der Waals surface area (Å²) in [6, 6.07) is 0. The van der Waals surface area contributed by atoms with E-state index in [9.17, 15) is 18.3 Å². The third kappa shape index (κ3) is 6.22. The van der Waals surface area contributed by atoms with Crippen molar-refractivity contribution in [3.63, 3.8) is 0 Å². The highest BCUT2D eigenvalue weighted by Gasteiger charge is 2.36. The van der Waals surface area contributed by atoms with E-state index in [2.05, 4.69) is 5.48 Å². The molecule has 0 atom stereocenters. The number of nitrogens with one attached hydrogen (secondary N) is 1. The lowest BCUT2D eigenvalue weighted by atomic mass is 9.98. The largest absolute Gasteiger partial charge is 0.442 e. The Balaban J connectivity index is 2.32. The third-order valence-corrected chi connectivity index (χ3v) is 4.30. The first kappa shape index (κ1) is 16.2. The summed E-state index contributed by atoms with van der Waals surface area (Å²) >= 11 is 0. The predicted octanol–water partition coefficient (Wildman–Crippen LogP) is 0.382. The maximum absolute atomic E-state index is 11.3. The normalized spacial score (nSPS) is 21.7. The molecule has 0 bridgehead atoms. The molecule has 0 aliphatic carbocycles. The molecule has 1 heterocycles. The predicted molar refractivity (Wildman–Crippen MR) is 68.2 cm³/mol. The van der Waals surface area contributed by atoms with Crippen LogP contribution in [0.4, 0.5) is 4.79 Å². The van der Waals surface area contributed by atoms with Crippen molar-refractivity contribution in [3.8, 4) is 0 Å². The van der Waals surface area contributed by atoms with Gasteiger partial charge in [0.2, 0.25) is 0 Å². The molecule has 7 nitrogen and oxygen atoms in total. The van der Waals surface area contributed by atoms with Crippen LogP contribution in [0, 0.1) is 0 Å². The SMILES string of the molecule is CC(C)(C)OC(=O)NOCC1(O)CCS(=O)(=O)CC1. The van der Waals surface area contributed by atoms with Crippen LogP contribution in [-0.2, 0) is 19.4 Å². The van der Waals surface area contributed by atoms with Gasteiger partial charge in [-0.3, -0.25) is 4.84 Å². The van der Waals surface area contributed by atoms with Gasteiger partial charge in [-0.25, -0.2) is 13.2 Å². The van der Waals surface area contributed by atoms with Crippen molar-refractivity contribution < 1.29 is 27.9 Å². The fourth-order valence-electron chi connectivity index (χ4n) is 1.59. The zero-order chi connectivity index (χ0) is 14.7. The van der Waals surface area contributed by atoms with Crippen LogP contribution in [-0.4, -0.2) is 48.9 Å². The molecule has 1 amide bonds. The Morgan fingerprint density at radius 1 is 1.32 bits per heavy atom. The van der Waals surface area contributed by atoms with Gasteiger partial charge in [0.15, 0.2) is 9.84 Å². The van der Waals surface area contributed by atoms with Crippen molar-refractivity contribution in [1.82, 2.24) is 5.48 Å². The topological polar surface area (TPSA) is 102 Å². The molecule has 1 aliphatic heterocycles. The molecule has 1 saturated heterocycles. The lowest BCUT2D eigenvalue weighted by Crippen LogP contribution is -2.45. The number of amides is 1. The van der Waals surface area contributed by atoms with Crippen LogP contribution in [0.2, 0.25) is 0 Å². The lowest BCUT2D eigenvalue weighted by Gasteiger charge is -2.31. The number of ether oxygens (including phenoxy) is 1. The summed E-state index contributed by atoms with van der Waals surface area (Å²) in [6.45, 7) is 4.98. The van der Waals surface area contributed by atoms with Gasteiger partial charge in [0.1, 0.15) is 12.2 Å². The Morgan fingerprint density at radius 3 is 2.32 bits per heavy atom. The summed E-state index contributed by atoms with van der Waals surface area (Å²) in [4.78, 5) is 16.2. The first-order chi connectivity index (χ1) is 8.52. The molecule has 0 saturated carbocycles. The van der Waals surface area contributed by atoms with Gasteiger partial charge in [0.25, 0.3) is 0 Å². The Bertz CT molecular complexity index is 411. The van der Waals surface area contributed by atoms with E-state index in [-0.39, 0.29) is 31.0 Å². The van der Waals surface area contributed by atoms with Crippen molar-refractivity contribution in [2.24, 2.45) is 0 Å². The van der Waals surface area contributed by atoms with Crippen LogP contribution in [0.5, 0.6) is 0 Å². The Kier molecular flexibility index (Phi) is 4.81. The average molecular weight is 295 g/mol. The molecule has 0 aromatic rings. The van der Waals surface area contributed by atoms with Crippen molar-refractivity contribution in [2.45, 2.75) is 44.8 Å². The van der Waals surface area contributed by atoms with Crippen molar-refractivity contribution in [2.75, 3.05) is 18.1 Å². The van der Waals surface area contributed by atoms with Gasteiger partial charge in [-0.2, -0.15) is 5.48 Å². The molecule has 1 rings (SSSR count). The van der Waals surface area contributed by atoms with Gasteiger partial charge in [-0.05, 0) is 33.6 Å². The van der Waals surface area contributed by atoms with E-state index in [0.29, 0.717) is 0 Å². The van der Waals surface area contributed by atoms with Gasteiger partial charge in [-0.1, -0.05) is 0 Å². The molecule has 8 heteroatoms. The third-order valence-electron chi connectivity index (χ3n) is 2.65. The summed E-state index contributed by atoms with van der Waals surface area (Å²) in [7, 11) is -3.05.